The summed E-state index contributed by atoms with van der Waals surface area (Å²) in [5.41, 5.74) is 6.74. The van der Waals surface area contributed by atoms with Crippen LogP contribution in [0.2, 0.25) is 0 Å². The van der Waals surface area contributed by atoms with Crippen molar-refractivity contribution < 1.29 is 4.79 Å². The molecule has 0 bridgehead atoms. The van der Waals surface area contributed by atoms with Crippen molar-refractivity contribution in [1.29, 1.82) is 0 Å². The van der Waals surface area contributed by atoms with Crippen molar-refractivity contribution in [1.82, 2.24) is 14.9 Å². The van der Waals surface area contributed by atoms with Crippen LogP contribution >= 0.6 is 0 Å². The van der Waals surface area contributed by atoms with Gasteiger partial charge in [0, 0.05) is 11.8 Å². The first kappa shape index (κ1) is 8.93. The van der Waals surface area contributed by atoms with Crippen molar-refractivity contribution in [3.05, 3.63) is 23.8 Å². The summed E-state index contributed by atoms with van der Waals surface area (Å²) >= 11 is 0. The van der Waals surface area contributed by atoms with Crippen LogP contribution in [0.3, 0.4) is 0 Å². The van der Waals surface area contributed by atoms with Gasteiger partial charge < -0.3 is 10.6 Å². The Balaban J connectivity index is 2.50. The zero-order valence-electron chi connectivity index (χ0n) is 8.19. The first-order valence-corrected chi connectivity index (χ1v) is 4.40. The van der Waals surface area contributed by atoms with Crippen LogP contribution < -0.4 is 5.73 Å². The van der Waals surface area contributed by atoms with Crippen molar-refractivity contribution >= 4 is 6.03 Å². The van der Waals surface area contributed by atoms with Crippen molar-refractivity contribution in [3.63, 3.8) is 0 Å². The minimum atomic E-state index is -0.423. The zero-order valence-corrected chi connectivity index (χ0v) is 8.19. The molecule has 1 aliphatic heterocycles. The lowest BCUT2D eigenvalue weighted by atomic mass is 9.98. The van der Waals surface area contributed by atoms with Gasteiger partial charge in [-0.15, -0.1) is 0 Å². The van der Waals surface area contributed by atoms with E-state index in [9.17, 15) is 4.79 Å². The number of hydrogen-bond donors (Lipinski definition) is 1. The summed E-state index contributed by atoms with van der Waals surface area (Å²) in [6.07, 6.45) is 3.23. The Bertz CT molecular complexity index is 388. The van der Waals surface area contributed by atoms with Crippen LogP contribution in [0.25, 0.3) is 0 Å². The van der Waals surface area contributed by atoms with Crippen LogP contribution in [-0.2, 0) is 12.1 Å². The van der Waals surface area contributed by atoms with Crippen molar-refractivity contribution in [2.75, 3.05) is 0 Å². The smallest absolute Gasteiger partial charge is 0.315 e. The topological polar surface area (TPSA) is 72.1 Å². The van der Waals surface area contributed by atoms with Gasteiger partial charge in [-0.05, 0) is 13.8 Å². The summed E-state index contributed by atoms with van der Waals surface area (Å²) in [6.45, 7) is 4.35. The molecule has 5 nitrogen and oxygen atoms in total. The number of amides is 2. The Kier molecular flexibility index (Phi) is 1.70. The highest BCUT2D eigenvalue weighted by molar-refractivity contribution is 5.74. The lowest BCUT2D eigenvalue weighted by Gasteiger charge is -2.30. The van der Waals surface area contributed by atoms with Crippen LogP contribution in [0.15, 0.2) is 12.5 Å². The third-order valence-corrected chi connectivity index (χ3v) is 2.70. The minimum absolute atomic E-state index is 0.400. The highest BCUT2D eigenvalue weighted by Crippen LogP contribution is 2.36. The van der Waals surface area contributed by atoms with E-state index in [1.165, 1.54) is 6.33 Å². The molecule has 1 aromatic heterocycles. The van der Waals surface area contributed by atoms with E-state index in [0.717, 1.165) is 11.3 Å². The Morgan fingerprint density at radius 3 is 2.93 bits per heavy atom. The van der Waals surface area contributed by atoms with E-state index in [0.29, 0.717) is 6.54 Å². The maximum Gasteiger partial charge on any atom is 0.315 e. The van der Waals surface area contributed by atoms with Gasteiger partial charge in [-0.3, -0.25) is 0 Å². The number of hydrogen-bond acceptors (Lipinski definition) is 3. The SMILES string of the molecule is CC1(C)c2cncnc2CN1C(N)=O. The average Bonchev–Trinajstić information content (AvgIpc) is 2.39. The van der Waals surface area contributed by atoms with Crippen molar-refractivity contribution in [2.45, 2.75) is 25.9 Å². The molecule has 2 amide bonds. The second-order valence-electron chi connectivity index (χ2n) is 3.87. The number of aromatic nitrogens is 2. The van der Waals surface area contributed by atoms with Gasteiger partial charge in [0.05, 0.1) is 17.8 Å². The normalized spacial score (nSPS) is 18.0. The van der Waals surface area contributed by atoms with E-state index in [4.69, 9.17) is 5.73 Å². The zero-order chi connectivity index (χ0) is 10.3. The third-order valence-electron chi connectivity index (χ3n) is 2.70. The van der Waals surface area contributed by atoms with Gasteiger partial charge in [0.1, 0.15) is 6.33 Å². The van der Waals surface area contributed by atoms with E-state index in [2.05, 4.69) is 9.97 Å². The fourth-order valence-electron chi connectivity index (χ4n) is 1.84. The largest absolute Gasteiger partial charge is 0.351 e. The van der Waals surface area contributed by atoms with Gasteiger partial charge in [-0.2, -0.15) is 0 Å². The monoisotopic (exact) mass is 192 g/mol. The lowest BCUT2D eigenvalue weighted by molar-refractivity contribution is 0.153. The third kappa shape index (κ3) is 1.05. The Morgan fingerprint density at radius 2 is 2.36 bits per heavy atom. The predicted molar refractivity (Wildman–Crippen MR) is 50.2 cm³/mol. The number of carbonyl (C=O) groups is 1. The number of primary amides is 1. The summed E-state index contributed by atoms with van der Waals surface area (Å²) in [5, 5.41) is 0. The quantitative estimate of drug-likeness (QED) is 0.654. The number of nitrogens with zero attached hydrogens (tertiary/aromatic N) is 3. The summed E-state index contributed by atoms with van der Waals surface area (Å²) in [5.74, 6) is 0. The van der Waals surface area contributed by atoms with Crippen molar-refractivity contribution in [3.8, 4) is 0 Å². The van der Waals surface area contributed by atoms with Crippen LogP contribution in [0.1, 0.15) is 25.1 Å². The molecule has 0 atom stereocenters. The Morgan fingerprint density at radius 1 is 1.64 bits per heavy atom. The molecule has 0 aliphatic carbocycles. The lowest BCUT2D eigenvalue weighted by Crippen LogP contribution is -2.43. The molecule has 0 aromatic carbocycles. The molecule has 14 heavy (non-hydrogen) atoms. The van der Waals surface area contributed by atoms with Crippen LogP contribution in [0.4, 0.5) is 4.79 Å². The fourth-order valence-corrected chi connectivity index (χ4v) is 1.84. The predicted octanol–water partition coefficient (Wildman–Crippen LogP) is 0.606. The van der Waals surface area contributed by atoms with E-state index < -0.39 is 11.6 Å². The van der Waals surface area contributed by atoms with Crippen molar-refractivity contribution in [2.24, 2.45) is 5.73 Å². The van der Waals surface area contributed by atoms with Gasteiger partial charge >= 0.3 is 6.03 Å². The number of nitrogens with two attached hydrogens (primary N) is 1. The van der Waals surface area contributed by atoms with E-state index in [1.54, 1.807) is 11.1 Å². The van der Waals surface area contributed by atoms with E-state index >= 15 is 0 Å². The molecule has 5 heteroatoms. The number of fused-ring (bicyclic) bond motifs is 1. The number of urea groups is 1. The summed E-state index contributed by atoms with van der Waals surface area (Å²) in [6, 6.07) is -0.423. The molecule has 1 aliphatic rings. The standard InChI is InChI=1S/C9H12N4O/c1-9(2)6-3-11-5-12-7(6)4-13(9)8(10)14/h3,5H,4H2,1-2H3,(H2,10,14). The summed E-state index contributed by atoms with van der Waals surface area (Å²) in [7, 11) is 0. The molecule has 0 saturated heterocycles. The van der Waals surface area contributed by atoms with Crippen LogP contribution in [0.5, 0.6) is 0 Å². The maximum absolute atomic E-state index is 11.2. The van der Waals surface area contributed by atoms with Crippen LogP contribution in [-0.4, -0.2) is 20.9 Å². The Hall–Kier alpha value is -1.65. The molecule has 1 aromatic rings. The minimum Gasteiger partial charge on any atom is -0.351 e. The second-order valence-corrected chi connectivity index (χ2v) is 3.87. The highest BCUT2D eigenvalue weighted by Gasteiger charge is 2.40. The Labute approximate surface area is 82.0 Å². The molecule has 2 rings (SSSR count). The molecule has 0 spiro atoms. The second kappa shape index (κ2) is 2.67. The van der Waals surface area contributed by atoms with Gasteiger partial charge in [0.2, 0.25) is 0 Å². The molecule has 2 N–H and O–H groups in total. The van der Waals surface area contributed by atoms with E-state index in [1.807, 2.05) is 13.8 Å². The number of rotatable bonds is 0. The van der Waals surface area contributed by atoms with Gasteiger partial charge in [0.25, 0.3) is 0 Å². The molecule has 2 heterocycles. The first-order valence-electron chi connectivity index (χ1n) is 4.40. The molecule has 74 valence electrons. The maximum atomic E-state index is 11.2. The molecule has 0 fully saturated rings. The highest BCUT2D eigenvalue weighted by atomic mass is 16.2. The van der Waals surface area contributed by atoms with E-state index in [-0.39, 0.29) is 0 Å². The molecule has 0 saturated carbocycles. The van der Waals surface area contributed by atoms with Gasteiger partial charge in [-0.1, -0.05) is 0 Å². The summed E-state index contributed by atoms with van der Waals surface area (Å²) in [4.78, 5) is 20.9. The summed E-state index contributed by atoms with van der Waals surface area (Å²) < 4.78 is 0. The molecule has 0 unspecified atom stereocenters. The van der Waals surface area contributed by atoms with Crippen LogP contribution in [0, 0.1) is 0 Å². The molecular formula is C9H12N4O. The molecular weight excluding hydrogens is 180 g/mol. The van der Waals surface area contributed by atoms with Gasteiger partial charge in [-0.25, -0.2) is 14.8 Å². The van der Waals surface area contributed by atoms with Gasteiger partial charge in [0.15, 0.2) is 0 Å². The molecule has 0 radical (unpaired) electrons. The fraction of sp³-hybridized carbons (Fsp3) is 0.444. The first-order chi connectivity index (χ1) is 6.53. The number of carbonyl (C=O) groups excluding carboxylic acids is 1. The average molecular weight is 192 g/mol.